The maximum absolute atomic E-state index is 12.5. The first-order valence-electron chi connectivity index (χ1n) is 7.75. The molecule has 2 aliphatic rings. The van der Waals surface area contributed by atoms with Gasteiger partial charge in [-0.25, -0.2) is 0 Å². The van der Waals surface area contributed by atoms with Gasteiger partial charge in [-0.15, -0.1) is 12.4 Å². The van der Waals surface area contributed by atoms with Gasteiger partial charge in [-0.05, 0) is 38.9 Å². The molecule has 0 saturated carbocycles. The molecule has 1 aromatic carbocycles. The number of ether oxygens (including phenoxy) is 1. The van der Waals surface area contributed by atoms with Gasteiger partial charge in [0.15, 0.2) is 0 Å². The van der Waals surface area contributed by atoms with Crippen molar-refractivity contribution in [3.63, 3.8) is 0 Å². The minimum absolute atomic E-state index is 0. The van der Waals surface area contributed by atoms with Crippen LogP contribution in [-0.4, -0.2) is 24.6 Å². The summed E-state index contributed by atoms with van der Waals surface area (Å²) in [6.45, 7) is 8.06. The Balaban J connectivity index is 0.00000176. The summed E-state index contributed by atoms with van der Waals surface area (Å²) >= 11 is 0. The second-order valence-electron chi connectivity index (χ2n) is 6.87. The summed E-state index contributed by atoms with van der Waals surface area (Å²) in [5.74, 6) is 1.56. The predicted molar refractivity (Wildman–Crippen MR) is 89.4 cm³/mol. The molecule has 1 fully saturated rings. The Kier molecular flexibility index (Phi) is 5.03. The van der Waals surface area contributed by atoms with Crippen molar-refractivity contribution in [2.24, 2.45) is 11.8 Å². The topological polar surface area (TPSA) is 50.4 Å². The molecule has 22 heavy (non-hydrogen) atoms. The van der Waals surface area contributed by atoms with Crippen LogP contribution in [0.4, 0.5) is 0 Å². The number of para-hydroxylation sites is 1. The third kappa shape index (κ3) is 3.39. The van der Waals surface area contributed by atoms with E-state index < -0.39 is 0 Å². The van der Waals surface area contributed by atoms with Crippen molar-refractivity contribution < 1.29 is 9.53 Å². The highest BCUT2D eigenvalue weighted by molar-refractivity contribution is 5.85. The molecule has 122 valence electrons. The molecule has 0 aromatic heterocycles. The molecular formula is C17H25ClN2O2. The van der Waals surface area contributed by atoms with E-state index in [0.717, 1.165) is 30.8 Å². The van der Waals surface area contributed by atoms with Crippen LogP contribution in [0.3, 0.4) is 0 Å². The van der Waals surface area contributed by atoms with Crippen LogP contribution in [0.25, 0.3) is 0 Å². The van der Waals surface area contributed by atoms with Gasteiger partial charge in [-0.2, -0.15) is 0 Å². The highest BCUT2D eigenvalue weighted by atomic mass is 35.5. The van der Waals surface area contributed by atoms with Crippen LogP contribution >= 0.6 is 12.4 Å². The summed E-state index contributed by atoms with van der Waals surface area (Å²) in [4.78, 5) is 12.5. The average Bonchev–Trinajstić information content (AvgIpc) is 2.35. The molecule has 2 atom stereocenters. The minimum atomic E-state index is -0.256. The van der Waals surface area contributed by atoms with Gasteiger partial charge < -0.3 is 15.4 Å². The Hall–Kier alpha value is -1.26. The quantitative estimate of drug-likeness (QED) is 0.898. The van der Waals surface area contributed by atoms with Crippen molar-refractivity contribution in [3.8, 4) is 5.75 Å². The monoisotopic (exact) mass is 324 g/mol. The maximum atomic E-state index is 12.5. The van der Waals surface area contributed by atoms with Crippen molar-refractivity contribution in [1.82, 2.24) is 10.6 Å². The highest BCUT2D eigenvalue weighted by Crippen LogP contribution is 2.39. The average molecular weight is 325 g/mol. The lowest BCUT2D eigenvalue weighted by atomic mass is 9.86. The number of carbonyl (C=O) groups is 1. The Bertz CT molecular complexity index is 543. The van der Waals surface area contributed by atoms with Crippen LogP contribution in [-0.2, 0) is 4.79 Å². The van der Waals surface area contributed by atoms with E-state index in [9.17, 15) is 4.79 Å². The molecule has 1 amide bonds. The fraction of sp³-hybridized carbons (Fsp3) is 0.588. The summed E-state index contributed by atoms with van der Waals surface area (Å²) in [5, 5.41) is 6.46. The van der Waals surface area contributed by atoms with Crippen LogP contribution in [0, 0.1) is 11.8 Å². The smallest absolute Gasteiger partial charge is 0.223 e. The van der Waals surface area contributed by atoms with E-state index in [1.54, 1.807) is 0 Å². The van der Waals surface area contributed by atoms with E-state index >= 15 is 0 Å². The molecule has 2 unspecified atom stereocenters. The number of nitrogens with one attached hydrogen (secondary N) is 2. The zero-order chi connectivity index (χ0) is 15.0. The number of carbonyl (C=O) groups excluding carboxylic acids is 1. The fourth-order valence-corrected chi connectivity index (χ4v) is 3.11. The van der Waals surface area contributed by atoms with Crippen molar-refractivity contribution in [1.29, 1.82) is 0 Å². The van der Waals surface area contributed by atoms with E-state index in [1.165, 1.54) is 0 Å². The lowest BCUT2D eigenvalue weighted by Gasteiger charge is -2.39. The molecule has 1 saturated heterocycles. The molecule has 1 aromatic rings. The number of hydrogen-bond acceptors (Lipinski definition) is 3. The Morgan fingerprint density at radius 1 is 1.36 bits per heavy atom. The predicted octanol–water partition coefficient (Wildman–Crippen LogP) is 2.68. The van der Waals surface area contributed by atoms with Gasteiger partial charge in [0.1, 0.15) is 11.4 Å². The van der Waals surface area contributed by atoms with Crippen molar-refractivity contribution in [2.75, 3.05) is 13.1 Å². The van der Waals surface area contributed by atoms with Gasteiger partial charge >= 0.3 is 0 Å². The number of amides is 1. The number of fused-ring (bicyclic) bond motifs is 1. The van der Waals surface area contributed by atoms with Crippen molar-refractivity contribution >= 4 is 18.3 Å². The lowest BCUT2D eigenvalue weighted by molar-refractivity contribution is -0.128. The van der Waals surface area contributed by atoms with Gasteiger partial charge in [-0.3, -0.25) is 4.79 Å². The second kappa shape index (κ2) is 6.47. The first-order chi connectivity index (χ1) is 9.96. The van der Waals surface area contributed by atoms with Gasteiger partial charge in [0.25, 0.3) is 0 Å². The van der Waals surface area contributed by atoms with E-state index in [1.807, 2.05) is 31.2 Å². The zero-order valence-electron chi connectivity index (χ0n) is 13.4. The Morgan fingerprint density at radius 3 is 2.68 bits per heavy atom. The highest BCUT2D eigenvalue weighted by Gasteiger charge is 2.36. The zero-order valence-corrected chi connectivity index (χ0v) is 14.2. The largest absolute Gasteiger partial charge is 0.487 e. The first kappa shape index (κ1) is 17.1. The standard InChI is InChI=1S/C17H24N2O2.ClH/c1-11(12-9-18-10-12)16(20)19-14-8-17(2,3)21-15-7-5-4-6-13(14)15;/h4-7,11-12,14,18H,8-10H2,1-3H3,(H,19,20);1H. The van der Waals surface area contributed by atoms with Gasteiger partial charge in [-0.1, -0.05) is 25.1 Å². The van der Waals surface area contributed by atoms with Crippen LogP contribution in [0.15, 0.2) is 24.3 Å². The van der Waals surface area contributed by atoms with Crippen LogP contribution in [0.5, 0.6) is 5.75 Å². The molecule has 0 bridgehead atoms. The van der Waals surface area contributed by atoms with Gasteiger partial charge in [0.2, 0.25) is 5.91 Å². The molecule has 0 spiro atoms. The summed E-state index contributed by atoms with van der Waals surface area (Å²) < 4.78 is 6.01. The SMILES string of the molecule is CC(C(=O)NC1CC(C)(C)Oc2ccccc21)C1CNC1.Cl. The minimum Gasteiger partial charge on any atom is -0.487 e. The lowest BCUT2D eigenvalue weighted by Crippen LogP contribution is -2.51. The maximum Gasteiger partial charge on any atom is 0.223 e. The van der Waals surface area contributed by atoms with E-state index in [4.69, 9.17) is 4.74 Å². The summed E-state index contributed by atoms with van der Waals surface area (Å²) in [5.41, 5.74) is 0.831. The van der Waals surface area contributed by atoms with Crippen LogP contribution in [0.2, 0.25) is 0 Å². The molecule has 0 aliphatic carbocycles. The van der Waals surface area contributed by atoms with E-state index in [0.29, 0.717) is 5.92 Å². The molecule has 2 aliphatic heterocycles. The Morgan fingerprint density at radius 2 is 2.05 bits per heavy atom. The van der Waals surface area contributed by atoms with E-state index in [2.05, 4.69) is 24.5 Å². The summed E-state index contributed by atoms with van der Waals surface area (Å²) in [6.07, 6.45) is 0.797. The first-order valence-corrected chi connectivity index (χ1v) is 7.75. The Labute approximate surface area is 138 Å². The van der Waals surface area contributed by atoms with Gasteiger partial charge in [0, 0.05) is 17.9 Å². The fourth-order valence-electron chi connectivity index (χ4n) is 3.11. The molecule has 3 rings (SSSR count). The van der Waals surface area contributed by atoms with Crippen molar-refractivity contribution in [3.05, 3.63) is 29.8 Å². The second-order valence-corrected chi connectivity index (χ2v) is 6.87. The summed E-state index contributed by atoms with van der Waals surface area (Å²) in [7, 11) is 0. The van der Waals surface area contributed by atoms with E-state index in [-0.39, 0.29) is 35.9 Å². The molecular weight excluding hydrogens is 300 g/mol. The number of rotatable bonds is 3. The number of benzene rings is 1. The number of halogens is 1. The van der Waals surface area contributed by atoms with Gasteiger partial charge in [0.05, 0.1) is 6.04 Å². The third-order valence-electron chi connectivity index (χ3n) is 4.63. The summed E-state index contributed by atoms with van der Waals surface area (Å²) in [6, 6.07) is 8.04. The molecule has 2 heterocycles. The molecule has 2 N–H and O–H groups in total. The molecule has 4 nitrogen and oxygen atoms in total. The molecule has 5 heteroatoms. The number of hydrogen-bond donors (Lipinski definition) is 2. The normalized spacial score (nSPS) is 24.0. The van der Waals surface area contributed by atoms with Crippen molar-refractivity contribution in [2.45, 2.75) is 38.8 Å². The van der Waals surface area contributed by atoms with Crippen LogP contribution in [0.1, 0.15) is 38.8 Å². The third-order valence-corrected chi connectivity index (χ3v) is 4.63. The van der Waals surface area contributed by atoms with Crippen LogP contribution < -0.4 is 15.4 Å². The molecule has 0 radical (unpaired) electrons.